The lowest BCUT2D eigenvalue weighted by atomic mass is 9.98. The summed E-state index contributed by atoms with van der Waals surface area (Å²) in [6, 6.07) is 6.80. The maximum atomic E-state index is 13.0. The predicted molar refractivity (Wildman–Crippen MR) is 44.8 cm³/mol. The van der Waals surface area contributed by atoms with Crippen molar-refractivity contribution >= 4 is 0 Å². The van der Waals surface area contributed by atoms with Gasteiger partial charge in [-0.05, 0) is 30.9 Å². The summed E-state index contributed by atoms with van der Waals surface area (Å²) in [5.74, 6) is -0.0643. The van der Waals surface area contributed by atoms with Gasteiger partial charge in [-0.3, -0.25) is 0 Å². The number of benzene rings is 1. The molecule has 59 valence electrons. The molecule has 0 heterocycles. The average molecular weight is 151 g/mol. The Labute approximate surface area is 67.1 Å². The molecule has 0 unspecified atom stereocenters. The van der Waals surface area contributed by atoms with Crippen molar-refractivity contribution in [3.63, 3.8) is 0 Å². The van der Waals surface area contributed by atoms with Crippen molar-refractivity contribution in [3.05, 3.63) is 42.6 Å². The molecule has 11 heavy (non-hydrogen) atoms. The summed E-state index contributed by atoms with van der Waals surface area (Å²) in [4.78, 5) is 0. The first kappa shape index (κ1) is 8.25. The van der Waals surface area contributed by atoms with Crippen LogP contribution >= 0.6 is 0 Å². The van der Waals surface area contributed by atoms with Crippen LogP contribution in [0.4, 0.5) is 4.39 Å². The fraction of sp³-hybridized carbons (Fsp3) is 0.300. The molecule has 1 radical (unpaired) electrons. The monoisotopic (exact) mass is 151 g/mol. The predicted octanol–water partition coefficient (Wildman–Crippen LogP) is 3.15. The van der Waals surface area contributed by atoms with Gasteiger partial charge in [0.05, 0.1) is 0 Å². The topological polar surface area (TPSA) is 0 Å². The zero-order chi connectivity index (χ0) is 8.27. The molecule has 1 aromatic rings. The molecular weight excluding hydrogens is 139 g/mol. The Hall–Kier alpha value is -0.850. The Kier molecular flexibility index (Phi) is 2.64. The van der Waals surface area contributed by atoms with E-state index in [0.717, 1.165) is 12.0 Å². The van der Waals surface area contributed by atoms with Gasteiger partial charge in [-0.15, -0.1) is 0 Å². The molecule has 0 aliphatic heterocycles. The van der Waals surface area contributed by atoms with Crippen molar-refractivity contribution < 1.29 is 4.39 Å². The van der Waals surface area contributed by atoms with Crippen LogP contribution in [-0.2, 0) is 0 Å². The highest BCUT2D eigenvalue weighted by Crippen LogP contribution is 2.20. The molecule has 0 spiro atoms. The van der Waals surface area contributed by atoms with E-state index in [4.69, 9.17) is 0 Å². The lowest BCUT2D eigenvalue weighted by Crippen LogP contribution is -1.94. The lowest BCUT2D eigenvalue weighted by molar-refractivity contribution is 0.595. The standard InChI is InChI=1S/C10H12F/c1-3-8(2)9-6-4-5-7-10(9)11/h4-8H,2-3H2,1H3/t8-/m1/s1. The Morgan fingerprint density at radius 1 is 1.45 bits per heavy atom. The van der Waals surface area contributed by atoms with Crippen LogP contribution < -0.4 is 0 Å². The largest absolute Gasteiger partial charge is 0.207 e. The molecule has 0 aliphatic carbocycles. The molecule has 0 amide bonds. The molecule has 0 bridgehead atoms. The van der Waals surface area contributed by atoms with Gasteiger partial charge in [-0.2, -0.15) is 0 Å². The van der Waals surface area contributed by atoms with E-state index in [1.807, 2.05) is 13.0 Å². The maximum absolute atomic E-state index is 13.0. The molecule has 1 aromatic carbocycles. The van der Waals surface area contributed by atoms with E-state index in [9.17, 15) is 4.39 Å². The number of hydrogen-bond donors (Lipinski definition) is 0. The van der Waals surface area contributed by atoms with Crippen molar-refractivity contribution in [1.82, 2.24) is 0 Å². The zero-order valence-electron chi connectivity index (χ0n) is 6.68. The van der Waals surface area contributed by atoms with Crippen LogP contribution in [0.15, 0.2) is 24.3 Å². The highest BCUT2D eigenvalue weighted by Gasteiger charge is 2.06. The van der Waals surface area contributed by atoms with Gasteiger partial charge >= 0.3 is 0 Å². The van der Waals surface area contributed by atoms with E-state index in [2.05, 4.69) is 6.92 Å². The fourth-order valence-electron chi connectivity index (χ4n) is 1.03. The molecule has 0 aliphatic rings. The van der Waals surface area contributed by atoms with Crippen molar-refractivity contribution in [2.45, 2.75) is 19.3 Å². The Bertz CT molecular complexity index is 230. The van der Waals surface area contributed by atoms with Gasteiger partial charge in [0.1, 0.15) is 5.82 Å². The van der Waals surface area contributed by atoms with Gasteiger partial charge in [-0.1, -0.05) is 25.1 Å². The summed E-state index contributed by atoms with van der Waals surface area (Å²) in [6.45, 7) is 5.85. The van der Waals surface area contributed by atoms with Crippen LogP contribution in [0.5, 0.6) is 0 Å². The fourth-order valence-corrected chi connectivity index (χ4v) is 1.03. The highest BCUT2D eigenvalue weighted by molar-refractivity contribution is 5.22. The average Bonchev–Trinajstić information content (AvgIpc) is 2.04. The molecule has 0 saturated carbocycles. The van der Waals surface area contributed by atoms with E-state index in [-0.39, 0.29) is 11.7 Å². The third-order valence-corrected chi connectivity index (χ3v) is 1.84. The van der Waals surface area contributed by atoms with Crippen LogP contribution in [0.2, 0.25) is 0 Å². The molecule has 0 N–H and O–H groups in total. The summed E-state index contributed by atoms with van der Waals surface area (Å²) in [7, 11) is 0. The number of hydrogen-bond acceptors (Lipinski definition) is 0. The Morgan fingerprint density at radius 2 is 2.09 bits per heavy atom. The number of halogens is 1. The van der Waals surface area contributed by atoms with Gasteiger partial charge in [-0.25, -0.2) is 4.39 Å². The zero-order valence-corrected chi connectivity index (χ0v) is 6.68. The minimum Gasteiger partial charge on any atom is -0.207 e. The molecule has 0 nitrogen and oxygen atoms in total. The van der Waals surface area contributed by atoms with E-state index >= 15 is 0 Å². The van der Waals surface area contributed by atoms with Crippen molar-refractivity contribution in [3.8, 4) is 0 Å². The summed E-state index contributed by atoms with van der Waals surface area (Å²) >= 11 is 0. The second-order valence-corrected chi connectivity index (χ2v) is 2.63. The van der Waals surface area contributed by atoms with Crippen LogP contribution in [0, 0.1) is 12.7 Å². The number of rotatable bonds is 2. The van der Waals surface area contributed by atoms with Gasteiger partial charge in [0.2, 0.25) is 0 Å². The minimum absolute atomic E-state index is 0.0798. The van der Waals surface area contributed by atoms with Gasteiger partial charge in [0.25, 0.3) is 0 Å². The lowest BCUT2D eigenvalue weighted by Gasteiger charge is -2.08. The van der Waals surface area contributed by atoms with E-state index in [1.54, 1.807) is 12.1 Å². The summed E-state index contributed by atoms with van der Waals surface area (Å²) in [5, 5.41) is 0. The highest BCUT2D eigenvalue weighted by atomic mass is 19.1. The van der Waals surface area contributed by atoms with Gasteiger partial charge in [0.15, 0.2) is 0 Å². The molecule has 0 aromatic heterocycles. The van der Waals surface area contributed by atoms with E-state index in [1.165, 1.54) is 6.07 Å². The Balaban J connectivity index is 2.93. The van der Waals surface area contributed by atoms with Crippen molar-refractivity contribution in [2.75, 3.05) is 0 Å². The SMILES string of the molecule is [CH2][C@H](CC)c1ccccc1F. The maximum Gasteiger partial charge on any atom is 0.126 e. The summed E-state index contributed by atoms with van der Waals surface area (Å²) in [6.07, 6.45) is 0.876. The first-order chi connectivity index (χ1) is 5.25. The minimum atomic E-state index is -0.144. The van der Waals surface area contributed by atoms with E-state index in [0.29, 0.717) is 0 Å². The molecule has 1 heteroatoms. The molecule has 1 rings (SSSR count). The van der Waals surface area contributed by atoms with Crippen molar-refractivity contribution in [2.24, 2.45) is 0 Å². The smallest absolute Gasteiger partial charge is 0.126 e. The molecule has 0 saturated heterocycles. The second kappa shape index (κ2) is 3.51. The molecular formula is C10H12F. The van der Waals surface area contributed by atoms with Gasteiger partial charge < -0.3 is 0 Å². The summed E-state index contributed by atoms with van der Waals surface area (Å²) < 4.78 is 13.0. The third-order valence-electron chi connectivity index (χ3n) is 1.84. The first-order valence-electron chi connectivity index (χ1n) is 3.83. The summed E-state index contributed by atoms with van der Waals surface area (Å²) in [5.41, 5.74) is 0.718. The third kappa shape index (κ3) is 1.79. The van der Waals surface area contributed by atoms with Crippen LogP contribution in [0.25, 0.3) is 0 Å². The van der Waals surface area contributed by atoms with Crippen molar-refractivity contribution in [1.29, 1.82) is 0 Å². The first-order valence-corrected chi connectivity index (χ1v) is 3.83. The second-order valence-electron chi connectivity index (χ2n) is 2.63. The quantitative estimate of drug-likeness (QED) is 0.609. The van der Waals surface area contributed by atoms with Crippen LogP contribution in [-0.4, -0.2) is 0 Å². The molecule has 0 fully saturated rings. The van der Waals surface area contributed by atoms with Crippen LogP contribution in [0.3, 0.4) is 0 Å². The Morgan fingerprint density at radius 3 is 2.64 bits per heavy atom. The van der Waals surface area contributed by atoms with Crippen LogP contribution in [0.1, 0.15) is 24.8 Å². The van der Waals surface area contributed by atoms with E-state index < -0.39 is 0 Å². The molecule has 1 atom stereocenters. The normalized spacial score (nSPS) is 13.0. The van der Waals surface area contributed by atoms with Gasteiger partial charge in [0, 0.05) is 0 Å².